The number of hydrogen-bond donors (Lipinski definition) is 2. The molecular formula is C19H20Cl2N2O3. The molecule has 0 aliphatic carbocycles. The van der Waals surface area contributed by atoms with Crippen LogP contribution in [-0.4, -0.2) is 18.9 Å². The Morgan fingerprint density at radius 3 is 2.38 bits per heavy atom. The molecule has 26 heavy (non-hydrogen) atoms. The van der Waals surface area contributed by atoms with Gasteiger partial charge in [-0.2, -0.15) is 0 Å². The fraction of sp³-hybridized carbons (Fsp3) is 0.263. The Morgan fingerprint density at radius 1 is 1.04 bits per heavy atom. The first-order chi connectivity index (χ1) is 12.3. The molecule has 0 unspecified atom stereocenters. The van der Waals surface area contributed by atoms with E-state index in [1.165, 1.54) is 7.11 Å². The predicted molar refractivity (Wildman–Crippen MR) is 105 cm³/mol. The summed E-state index contributed by atoms with van der Waals surface area (Å²) in [7, 11) is 1.50. The average molecular weight is 395 g/mol. The molecule has 0 saturated carbocycles. The minimum absolute atomic E-state index is 0.139. The summed E-state index contributed by atoms with van der Waals surface area (Å²) >= 11 is 11.8. The van der Waals surface area contributed by atoms with Crippen molar-refractivity contribution in [2.75, 3.05) is 17.7 Å². The molecule has 0 aromatic heterocycles. The zero-order chi connectivity index (χ0) is 19.3. The van der Waals surface area contributed by atoms with E-state index in [1.54, 1.807) is 36.4 Å². The van der Waals surface area contributed by atoms with E-state index in [9.17, 15) is 9.59 Å². The summed E-state index contributed by atoms with van der Waals surface area (Å²) in [5, 5.41) is 6.28. The van der Waals surface area contributed by atoms with Crippen molar-refractivity contribution in [1.29, 1.82) is 0 Å². The van der Waals surface area contributed by atoms with E-state index in [-0.39, 0.29) is 17.7 Å². The highest BCUT2D eigenvalue weighted by Crippen LogP contribution is 2.28. The lowest BCUT2D eigenvalue weighted by molar-refractivity contribution is -0.116. The lowest BCUT2D eigenvalue weighted by Crippen LogP contribution is -2.16. The lowest BCUT2D eigenvalue weighted by Gasteiger charge is -2.13. The molecule has 0 saturated heterocycles. The van der Waals surface area contributed by atoms with Crippen molar-refractivity contribution in [2.24, 2.45) is 5.92 Å². The predicted octanol–water partition coefficient (Wildman–Crippen LogP) is 5.24. The number of amides is 2. The molecule has 5 nitrogen and oxygen atoms in total. The normalized spacial score (nSPS) is 10.5. The molecule has 0 atom stereocenters. The summed E-state index contributed by atoms with van der Waals surface area (Å²) in [4.78, 5) is 24.5. The van der Waals surface area contributed by atoms with Crippen LogP contribution in [0.3, 0.4) is 0 Å². The van der Waals surface area contributed by atoms with Crippen LogP contribution in [0.2, 0.25) is 10.0 Å². The van der Waals surface area contributed by atoms with E-state index in [0.29, 0.717) is 39.2 Å². The van der Waals surface area contributed by atoms with Gasteiger partial charge in [0.1, 0.15) is 5.75 Å². The van der Waals surface area contributed by atoms with Gasteiger partial charge in [-0.05, 0) is 42.3 Å². The van der Waals surface area contributed by atoms with Gasteiger partial charge in [0.2, 0.25) is 5.91 Å². The van der Waals surface area contributed by atoms with E-state index in [1.807, 2.05) is 13.8 Å². The van der Waals surface area contributed by atoms with Crippen LogP contribution in [0.1, 0.15) is 30.6 Å². The summed E-state index contributed by atoms with van der Waals surface area (Å²) in [6.07, 6.45) is 0.378. The number of nitrogens with one attached hydrogen (secondary N) is 2. The van der Waals surface area contributed by atoms with Gasteiger partial charge >= 0.3 is 0 Å². The van der Waals surface area contributed by atoms with Crippen LogP contribution >= 0.6 is 23.2 Å². The number of benzene rings is 2. The van der Waals surface area contributed by atoms with Crippen molar-refractivity contribution in [2.45, 2.75) is 20.3 Å². The summed E-state index contributed by atoms with van der Waals surface area (Å²) < 4.78 is 5.25. The van der Waals surface area contributed by atoms with Crippen LogP contribution in [-0.2, 0) is 4.79 Å². The highest BCUT2D eigenvalue weighted by Gasteiger charge is 2.14. The van der Waals surface area contributed by atoms with Crippen LogP contribution in [0.25, 0.3) is 0 Å². The van der Waals surface area contributed by atoms with Crippen LogP contribution in [0, 0.1) is 5.92 Å². The fourth-order valence-corrected chi connectivity index (χ4v) is 2.59. The molecule has 2 amide bonds. The average Bonchev–Trinajstić information content (AvgIpc) is 2.57. The number of halogens is 2. The third-order valence-electron chi connectivity index (χ3n) is 3.51. The molecule has 138 valence electrons. The summed E-state index contributed by atoms with van der Waals surface area (Å²) in [5.41, 5.74) is 1.34. The Balaban J connectivity index is 2.20. The van der Waals surface area contributed by atoms with E-state index in [4.69, 9.17) is 27.9 Å². The van der Waals surface area contributed by atoms with Gasteiger partial charge in [0, 0.05) is 17.7 Å². The molecule has 2 N–H and O–H groups in total. The number of anilines is 2. The Hall–Kier alpha value is -2.24. The molecule has 0 radical (unpaired) electrons. The van der Waals surface area contributed by atoms with Crippen LogP contribution < -0.4 is 15.4 Å². The Kier molecular flexibility index (Phi) is 6.89. The molecule has 2 rings (SSSR count). The number of carbonyl (C=O) groups is 2. The third kappa shape index (κ3) is 5.38. The first-order valence-corrected chi connectivity index (χ1v) is 8.80. The maximum absolute atomic E-state index is 12.5. The minimum Gasteiger partial charge on any atom is -0.495 e. The number of rotatable bonds is 6. The summed E-state index contributed by atoms with van der Waals surface area (Å²) in [6, 6.07) is 9.64. The lowest BCUT2D eigenvalue weighted by atomic mass is 10.1. The smallest absolute Gasteiger partial charge is 0.255 e. The second kappa shape index (κ2) is 8.92. The molecule has 0 spiro atoms. The quantitative estimate of drug-likeness (QED) is 0.703. The van der Waals surface area contributed by atoms with E-state index in [0.717, 1.165) is 0 Å². The Morgan fingerprint density at radius 2 is 1.77 bits per heavy atom. The SMILES string of the molecule is COc1ccc(C(=O)Nc2ccc(Cl)c(Cl)c2)cc1NC(=O)CC(C)C. The highest BCUT2D eigenvalue weighted by molar-refractivity contribution is 6.42. The molecule has 0 bridgehead atoms. The Bertz CT molecular complexity index is 822. The number of ether oxygens (including phenoxy) is 1. The molecular weight excluding hydrogens is 375 g/mol. The topological polar surface area (TPSA) is 67.4 Å². The fourth-order valence-electron chi connectivity index (χ4n) is 2.30. The molecule has 0 fully saturated rings. The molecule has 0 heterocycles. The van der Waals surface area contributed by atoms with E-state index in [2.05, 4.69) is 10.6 Å². The number of methoxy groups -OCH3 is 1. The van der Waals surface area contributed by atoms with Gasteiger partial charge in [-0.3, -0.25) is 9.59 Å². The van der Waals surface area contributed by atoms with Gasteiger partial charge < -0.3 is 15.4 Å². The van der Waals surface area contributed by atoms with Crippen LogP contribution in [0.15, 0.2) is 36.4 Å². The van der Waals surface area contributed by atoms with Crippen molar-refractivity contribution in [3.05, 3.63) is 52.0 Å². The first kappa shape index (κ1) is 20.1. The van der Waals surface area contributed by atoms with Crippen molar-refractivity contribution < 1.29 is 14.3 Å². The first-order valence-electron chi connectivity index (χ1n) is 8.04. The maximum Gasteiger partial charge on any atom is 0.255 e. The standard InChI is InChI=1S/C19H20Cl2N2O3/c1-11(2)8-18(24)23-16-9-12(4-7-17(16)26-3)19(25)22-13-5-6-14(20)15(21)10-13/h4-7,9-11H,8H2,1-3H3,(H,22,25)(H,23,24). The van der Waals surface area contributed by atoms with E-state index >= 15 is 0 Å². The van der Waals surface area contributed by atoms with E-state index < -0.39 is 0 Å². The molecule has 2 aromatic rings. The van der Waals surface area contributed by atoms with Crippen molar-refractivity contribution in [3.8, 4) is 5.75 Å². The summed E-state index contributed by atoms with van der Waals surface area (Å²) in [6.45, 7) is 3.91. The van der Waals surface area contributed by atoms with Crippen molar-refractivity contribution in [3.63, 3.8) is 0 Å². The zero-order valence-corrected chi connectivity index (χ0v) is 16.2. The highest BCUT2D eigenvalue weighted by atomic mass is 35.5. The largest absolute Gasteiger partial charge is 0.495 e. The maximum atomic E-state index is 12.5. The van der Waals surface area contributed by atoms with Crippen molar-refractivity contribution >= 4 is 46.4 Å². The van der Waals surface area contributed by atoms with Gasteiger partial charge in [0.15, 0.2) is 0 Å². The van der Waals surface area contributed by atoms with Crippen LogP contribution in [0.5, 0.6) is 5.75 Å². The van der Waals surface area contributed by atoms with Crippen molar-refractivity contribution in [1.82, 2.24) is 0 Å². The monoisotopic (exact) mass is 394 g/mol. The van der Waals surface area contributed by atoms with Gasteiger partial charge in [-0.15, -0.1) is 0 Å². The molecule has 0 aliphatic heterocycles. The second-order valence-electron chi connectivity index (χ2n) is 6.14. The van der Waals surface area contributed by atoms with Gasteiger partial charge in [0.05, 0.1) is 22.8 Å². The van der Waals surface area contributed by atoms with Gasteiger partial charge in [-0.1, -0.05) is 37.0 Å². The second-order valence-corrected chi connectivity index (χ2v) is 6.96. The van der Waals surface area contributed by atoms with Gasteiger partial charge in [-0.25, -0.2) is 0 Å². The number of hydrogen-bond acceptors (Lipinski definition) is 3. The minimum atomic E-state index is -0.342. The number of carbonyl (C=O) groups excluding carboxylic acids is 2. The molecule has 7 heteroatoms. The summed E-state index contributed by atoms with van der Waals surface area (Å²) in [5.74, 6) is 0.223. The molecule has 0 aliphatic rings. The van der Waals surface area contributed by atoms with Crippen LogP contribution in [0.4, 0.5) is 11.4 Å². The van der Waals surface area contributed by atoms with Gasteiger partial charge in [0.25, 0.3) is 5.91 Å². The Labute approximate surface area is 162 Å². The molecule has 2 aromatic carbocycles. The zero-order valence-electron chi connectivity index (χ0n) is 14.7. The third-order valence-corrected chi connectivity index (χ3v) is 4.25.